The van der Waals surface area contributed by atoms with Crippen LogP contribution in [0.5, 0.6) is 0 Å². The third-order valence-electron chi connectivity index (χ3n) is 3.66. The van der Waals surface area contributed by atoms with E-state index in [0.29, 0.717) is 28.0 Å². The third-order valence-corrected chi connectivity index (χ3v) is 3.66. The van der Waals surface area contributed by atoms with E-state index < -0.39 is 5.97 Å². The number of aromatic nitrogens is 3. The third kappa shape index (κ3) is 3.10. The van der Waals surface area contributed by atoms with Crippen molar-refractivity contribution < 1.29 is 14.7 Å². The highest BCUT2D eigenvalue weighted by Crippen LogP contribution is 2.29. The van der Waals surface area contributed by atoms with Crippen molar-refractivity contribution in [1.82, 2.24) is 15.0 Å². The SMILES string of the molecule is C=C(CN)C(=O)Nc1cccc(-c2ncnc3[nH]cc(C(=O)O)c23)c1. The second kappa shape index (κ2) is 6.54. The summed E-state index contributed by atoms with van der Waals surface area (Å²) in [5, 5.41) is 12.5. The molecule has 0 atom stereocenters. The van der Waals surface area contributed by atoms with Gasteiger partial charge in [0.15, 0.2) is 0 Å². The number of amides is 1. The number of carboxylic acid groups (broad SMARTS) is 1. The Morgan fingerprint density at radius 2 is 2.12 bits per heavy atom. The Labute approximate surface area is 142 Å². The zero-order chi connectivity index (χ0) is 18.0. The average Bonchev–Trinajstić information content (AvgIpc) is 3.05. The van der Waals surface area contributed by atoms with E-state index in [9.17, 15) is 14.7 Å². The highest BCUT2D eigenvalue weighted by Gasteiger charge is 2.17. The van der Waals surface area contributed by atoms with Gasteiger partial charge in [0, 0.05) is 29.6 Å². The first-order valence-electron chi connectivity index (χ1n) is 7.36. The van der Waals surface area contributed by atoms with Gasteiger partial charge in [-0.3, -0.25) is 4.79 Å². The van der Waals surface area contributed by atoms with Gasteiger partial charge in [-0.05, 0) is 12.1 Å². The fraction of sp³-hybridized carbons (Fsp3) is 0.0588. The van der Waals surface area contributed by atoms with Gasteiger partial charge in [0.25, 0.3) is 5.91 Å². The molecule has 0 aliphatic rings. The molecule has 0 spiro atoms. The van der Waals surface area contributed by atoms with E-state index in [1.54, 1.807) is 24.3 Å². The number of aromatic amines is 1. The van der Waals surface area contributed by atoms with Crippen molar-refractivity contribution in [2.75, 3.05) is 11.9 Å². The number of nitrogens with zero attached hydrogens (tertiary/aromatic N) is 2. The zero-order valence-corrected chi connectivity index (χ0v) is 13.1. The summed E-state index contributed by atoms with van der Waals surface area (Å²) in [6, 6.07) is 6.91. The maximum atomic E-state index is 11.9. The van der Waals surface area contributed by atoms with Gasteiger partial charge in [0.2, 0.25) is 0 Å². The number of H-pyrrole nitrogens is 1. The first-order valence-corrected chi connectivity index (χ1v) is 7.36. The van der Waals surface area contributed by atoms with Gasteiger partial charge in [0.05, 0.1) is 16.6 Å². The molecule has 0 aliphatic carbocycles. The Balaban J connectivity index is 2.06. The molecule has 1 amide bonds. The van der Waals surface area contributed by atoms with Crippen molar-refractivity contribution in [2.45, 2.75) is 0 Å². The lowest BCUT2D eigenvalue weighted by atomic mass is 10.1. The molecule has 8 nitrogen and oxygen atoms in total. The number of fused-ring (bicyclic) bond motifs is 1. The molecule has 3 rings (SSSR count). The van der Waals surface area contributed by atoms with Gasteiger partial charge < -0.3 is 21.1 Å². The van der Waals surface area contributed by atoms with Crippen molar-refractivity contribution in [2.24, 2.45) is 5.73 Å². The van der Waals surface area contributed by atoms with Gasteiger partial charge in [-0.2, -0.15) is 0 Å². The molecule has 25 heavy (non-hydrogen) atoms. The number of nitrogens with one attached hydrogen (secondary N) is 2. The van der Waals surface area contributed by atoms with E-state index in [2.05, 4.69) is 26.8 Å². The number of hydrogen-bond donors (Lipinski definition) is 4. The largest absolute Gasteiger partial charge is 0.478 e. The van der Waals surface area contributed by atoms with Crippen molar-refractivity contribution in [3.63, 3.8) is 0 Å². The molecule has 0 saturated carbocycles. The summed E-state index contributed by atoms with van der Waals surface area (Å²) in [4.78, 5) is 34.4. The number of carbonyl (C=O) groups is 2. The van der Waals surface area contributed by atoms with Gasteiger partial charge in [0.1, 0.15) is 12.0 Å². The standard InChI is InChI=1S/C17H15N5O3/c1-9(6-18)16(23)22-11-4-2-3-10(5-11)14-13-12(17(24)25)7-19-15(13)21-8-20-14/h2-5,7-8H,1,6,18H2,(H,22,23)(H,24,25)(H,19,20,21). The smallest absolute Gasteiger partial charge is 0.338 e. The molecule has 2 heterocycles. The lowest BCUT2D eigenvalue weighted by molar-refractivity contribution is -0.112. The van der Waals surface area contributed by atoms with Crippen LogP contribution in [0.3, 0.4) is 0 Å². The fourth-order valence-corrected chi connectivity index (χ4v) is 2.41. The summed E-state index contributed by atoms with van der Waals surface area (Å²) in [6.45, 7) is 3.65. The Kier molecular flexibility index (Phi) is 4.27. The molecule has 5 N–H and O–H groups in total. The lowest BCUT2D eigenvalue weighted by Crippen LogP contribution is -2.19. The minimum atomic E-state index is -1.08. The van der Waals surface area contributed by atoms with Gasteiger partial charge >= 0.3 is 5.97 Å². The number of rotatable bonds is 5. The molecule has 0 fully saturated rings. The van der Waals surface area contributed by atoms with Crippen LogP contribution in [-0.2, 0) is 4.79 Å². The van der Waals surface area contributed by atoms with Crippen LogP contribution in [0.1, 0.15) is 10.4 Å². The monoisotopic (exact) mass is 337 g/mol. The lowest BCUT2D eigenvalue weighted by Gasteiger charge is -2.09. The molecule has 0 radical (unpaired) electrons. The Hall–Kier alpha value is -3.52. The highest BCUT2D eigenvalue weighted by molar-refractivity contribution is 6.08. The molecule has 126 valence electrons. The molecule has 3 aromatic rings. The summed E-state index contributed by atoms with van der Waals surface area (Å²) < 4.78 is 0. The first kappa shape index (κ1) is 16.3. The first-order chi connectivity index (χ1) is 12.0. The second-order valence-electron chi connectivity index (χ2n) is 5.30. The van der Waals surface area contributed by atoms with Crippen LogP contribution < -0.4 is 11.1 Å². The van der Waals surface area contributed by atoms with Gasteiger partial charge in [-0.1, -0.05) is 18.7 Å². The average molecular weight is 337 g/mol. The molecular weight excluding hydrogens is 322 g/mol. The molecule has 0 bridgehead atoms. The van der Waals surface area contributed by atoms with E-state index >= 15 is 0 Å². The van der Waals surface area contributed by atoms with Crippen molar-refractivity contribution in [3.8, 4) is 11.3 Å². The maximum absolute atomic E-state index is 11.9. The topological polar surface area (TPSA) is 134 Å². The number of benzene rings is 1. The number of anilines is 1. The number of carboxylic acids is 1. The quantitative estimate of drug-likeness (QED) is 0.524. The molecule has 0 aliphatic heterocycles. The molecule has 0 saturated heterocycles. The minimum Gasteiger partial charge on any atom is -0.478 e. The molecular formula is C17H15N5O3. The van der Waals surface area contributed by atoms with Crippen LogP contribution in [0.2, 0.25) is 0 Å². The van der Waals surface area contributed by atoms with Crippen molar-refractivity contribution >= 4 is 28.6 Å². The predicted octanol–water partition coefficient (Wildman–Crippen LogP) is 1.78. The van der Waals surface area contributed by atoms with Crippen LogP contribution in [-0.4, -0.2) is 38.5 Å². The Bertz CT molecular complexity index is 993. The summed E-state index contributed by atoms with van der Waals surface area (Å²) in [6.07, 6.45) is 2.73. The highest BCUT2D eigenvalue weighted by atomic mass is 16.4. The fourth-order valence-electron chi connectivity index (χ4n) is 2.41. The zero-order valence-electron chi connectivity index (χ0n) is 13.1. The second-order valence-corrected chi connectivity index (χ2v) is 5.30. The van der Waals surface area contributed by atoms with Crippen LogP contribution in [0.4, 0.5) is 5.69 Å². The van der Waals surface area contributed by atoms with Crippen LogP contribution in [0.25, 0.3) is 22.3 Å². The van der Waals surface area contributed by atoms with Crippen LogP contribution >= 0.6 is 0 Å². The predicted molar refractivity (Wildman–Crippen MR) is 93.1 cm³/mol. The van der Waals surface area contributed by atoms with Crippen LogP contribution in [0.15, 0.2) is 48.9 Å². The molecule has 1 aromatic carbocycles. The summed E-state index contributed by atoms with van der Waals surface area (Å²) in [7, 11) is 0. The van der Waals surface area contributed by atoms with E-state index in [0.717, 1.165) is 0 Å². The normalized spacial score (nSPS) is 10.6. The summed E-state index contributed by atoms with van der Waals surface area (Å²) >= 11 is 0. The number of aromatic carboxylic acids is 1. The Morgan fingerprint density at radius 1 is 1.32 bits per heavy atom. The maximum Gasteiger partial charge on any atom is 0.338 e. The van der Waals surface area contributed by atoms with Crippen molar-refractivity contribution in [1.29, 1.82) is 0 Å². The van der Waals surface area contributed by atoms with E-state index in [1.807, 2.05) is 0 Å². The number of carbonyl (C=O) groups excluding carboxylic acids is 1. The van der Waals surface area contributed by atoms with E-state index in [-0.39, 0.29) is 23.6 Å². The van der Waals surface area contributed by atoms with Crippen LogP contribution in [0, 0.1) is 0 Å². The van der Waals surface area contributed by atoms with E-state index in [4.69, 9.17) is 5.73 Å². The molecule has 2 aromatic heterocycles. The number of nitrogens with two attached hydrogens (primary N) is 1. The van der Waals surface area contributed by atoms with Gasteiger partial charge in [-0.25, -0.2) is 14.8 Å². The summed E-state index contributed by atoms with van der Waals surface area (Å²) in [5.74, 6) is -1.45. The van der Waals surface area contributed by atoms with Gasteiger partial charge in [-0.15, -0.1) is 0 Å². The molecule has 8 heteroatoms. The summed E-state index contributed by atoms with van der Waals surface area (Å²) in [5.41, 5.74) is 7.79. The number of hydrogen-bond acceptors (Lipinski definition) is 5. The Morgan fingerprint density at radius 3 is 2.84 bits per heavy atom. The molecule has 0 unspecified atom stereocenters. The van der Waals surface area contributed by atoms with Crippen molar-refractivity contribution in [3.05, 3.63) is 54.5 Å². The minimum absolute atomic E-state index is 0.0589. The van der Waals surface area contributed by atoms with E-state index in [1.165, 1.54) is 12.5 Å².